The molecule has 1 saturated heterocycles. The zero-order valence-corrected chi connectivity index (χ0v) is 12.3. The zero-order valence-electron chi connectivity index (χ0n) is 10.7. The Bertz CT molecular complexity index is 403. The smallest absolute Gasteiger partial charge is 0.231 e. The van der Waals surface area contributed by atoms with Gasteiger partial charge < -0.3 is 10.2 Å². The van der Waals surface area contributed by atoms with Crippen molar-refractivity contribution in [3.8, 4) is 0 Å². The first-order valence-electron chi connectivity index (χ1n) is 6.21. The van der Waals surface area contributed by atoms with Crippen molar-refractivity contribution in [3.63, 3.8) is 0 Å². The van der Waals surface area contributed by atoms with E-state index in [-0.39, 0.29) is 5.28 Å². The van der Waals surface area contributed by atoms with Crippen molar-refractivity contribution in [1.29, 1.82) is 0 Å². The second-order valence-electron chi connectivity index (χ2n) is 4.28. The number of nitrogens with one attached hydrogen (secondary N) is 1. The molecule has 1 aliphatic heterocycles. The van der Waals surface area contributed by atoms with E-state index in [4.69, 9.17) is 11.6 Å². The van der Waals surface area contributed by atoms with E-state index in [1.54, 1.807) is 0 Å². The highest BCUT2D eigenvalue weighted by Gasteiger charge is 2.20. The minimum Gasteiger partial charge on any atom is -0.354 e. The summed E-state index contributed by atoms with van der Waals surface area (Å²) in [5, 5.41) is 4.00. The van der Waals surface area contributed by atoms with Crippen LogP contribution in [-0.2, 0) is 0 Å². The third kappa shape index (κ3) is 3.62. The Hall–Kier alpha value is -0.750. The Morgan fingerprint density at radius 3 is 3.00 bits per heavy atom. The Kier molecular flexibility index (Phi) is 4.88. The molecule has 1 fully saturated rings. The van der Waals surface area contributed by atoms with Crippen LogP contribution in [0.5, 0.6) is 0 Å². The highest BCUT2D eigenvalue weighted by atomic mass is 35.5. The van der Waals surface area contributed by atoms with Crippen LogP contribution in [0.3, 0.4) is 0 Å². The highest BCUT2D eigenvalue weighted by Crippen LogP contribution is 2.22. The monoisotopic (exact) mass is 287 g/mol. The zero-order chi connectivity index (χ0) is 13.0. The van der Waals surface area contributed by atoms with Gasteiger partial charge in [-0.15, -0.1) is 0 Å². The fraction of sp³-hybridized carbons (Fsp3) is 0.727. The van der Waals surface area contributed by atoms with Gasteiger partial charge in [0, 0.05) is 30.6 Å². The largest absolute Gasteiger partial charge is 0.354 e. The number of hydrogen-bond donors (Lipinski definition) is 1. The van der Waals surface area contributed by atoms with E-state index in [1.165, 1.54) is 0 Å². The Morgan fingerprint density at radius 1 is 1.44 bits per heavy atom. The molecule has 18 heavy (non-hydrogen) atoms. The summed E-state index contributed by atoms with van der Waals surface area (Å²) in [4.78, 5) is 14.9. The summed E-state index contributed by atoms with van der Waals surface area (Å²) in [5.74, 6) is 2.35. The summed E-state index contributed by atoms with van der Waals surface area (Å²) in [5.41, 5.74) is 0. The summed E-state index contributed by atoms with van der Waals surface area (Å²) < 4.78 is 0. The van der Waals surface area contributed by atoms with Gasteiger partial charge in [-0.05, 0) is 18.0 Å². The molecule has 0 bridgehead atoms. The maximum atomic E-state index is 5.95. The first kappa shape index (κ1) is 13.7. The quantitative estimate of drug-likeness (QED) is 0.917. The molecule has 1 N–H and O–H groups in total. The van der Waals surface area contributed by atoms with Gasteiger partial charge in [0.05, 0.1) is 0 Å². The van der Waals surface area contributed by atoms with Gasteiger partial charge in [0.2, 0.25) is 17.2 Å². The number of anilines is 2. The molecule has 0 amide bonds. The SMILES string of the molecule is CCCNc1nc(Cl)nc(N2CCSC(C)C2)n1. The van der Waals surface area contributed by atoms with Crippen molar-refractivity contribution in [3.05, 3.63) is 5.28 Å². The van der Waals surface area contributed by atoms with Crippen molar-refractivity contribution >= 4 is 35.3 Å². The fourth-order valence-electron chi connectivity index (χ4n) is 1.80. The van der Waals surface area contributed by atoms with E-state index in [9.17, 15) is 0 Å². The molecule has 7 heteroatoms. The normalized spacial score (nSPS) is 19.9. The summed E-state index contributed by atoms with van der Waals surface area (Å²) in [6.07, 6.45) is 1.02. The van der Waals surface area contributed by atoms with Crippen LogP contribution in [0, 0.1) is 0 Å². The average molecular weight is 288 g/mol. The number of aromatic nitrogens is 3. The van der Waals surface area contributed by atoms with E-state index in [0.29, 0.717) is 17.1 Å². The molecule has 1 atom stereocenters. The van der Waals surface area contributed by atoms with Crippen LogP contribution in [0.4, 0.5) is 11.9 Å². The van der Waals surface area contributed by atoms with Crippen LogP contribution in [0.15, 0.2) is 0 Å². The van der Waals surface area contributed by atoms with Gasteiger partial charge in [0.1, 0.15) is 0 Å². The first-order chi connectivity index (χ1) is 8.69. The Morgan fingerprint density at radius 2 is 2.28 bits per heavy atom. The maximum absolute atomic E-state index is 5.95. The van der Waals surface area contributed by atoms with Gasteiger partial charge in [0.25, 0.3) is 0 Å². The molecule has 1 unspecified atom stereocenters. The summed E-state index contributed by atoms with van der Waals surface area (Å²) >= 11 is 7.93. The van der Waals surface area contributed by atoms with E-state index in [2.05, 4.69) is 39.0 Å². The molecule has 0 saturated carbocycles. The number of nitrogens with zero attached hydrogens (tertiary/aromatic N) is 4. The molecule has 0 aliphatic carbocycles. The number of rotatable bonds is 4. The molecule has 1 aromatic rings. The number of thioether (sulfide) groups is 1. The number of hydrogen-bond acceptors (Lipinski definition) is 6. The van der Waals surface area contributed by atoms with Gasteiger partial charge in [-0.25, -0.2) is 0 Å². The van der Waals surface area contributed by atoms with Crippen molar-refractivity contribution in [2.45, 2.75) is 25.5 Å². The standard InChI is InChI=1S/C11H18ClN5S/c1-3-4-13-10-14-9(12)15-11(16-10)17-5-6-18-8(2)7-17/h8H,3-7H2,1-2H3,(H,13,14,15,16). The summed E-state index contributed by atoms with van der Waals surface area (Å²) in [7, 11) is 0. The van der Waals surface area contributed by atoms with E-state index >= 15 is 0 Å². The molecule has 2 heterocycles. The van der Waals surface area contributed by atoms with Crippen molar-refractivity contribution < 1.29 is 0 Å². The highest BCUT2D eigenvalue weighted by molar-refractivity contribution is 8.00. The van der Waals surface area contributed by atoms with E-state index in [1.807, 2.05) is 11.8 Å². The lowest BCUT2D eigenvalue weighted by Gasteiger charge is -2.30. The van der Waals surface area contributed by atoms with E-state index < -0.39 is 0 Å². The predicted octanol–water partition coefficient (Wildman–Crippen LogP) is 2.29. The Labute approximate surface area is 117 Å². The molecular weight excluding hydrogens is 270 g/mol. The molecule has 0 aromatic carbocycles. The van der Waals surface area contributed by atoms with Gasteiger partial charge in [-0.2, -0.15) is 26.7 Å². The van der Waals surface area contributed by atoms with Crippen molar-refractivity contribution in [1.82, 2.24) is 15.0 Å². The minimum atomic E-state index is 0.254. The molecule has 2 rings (SSSR count). The second-order valence-corrected chi connectivity index (χ2v) is 6.17. The van der Waals surface area contributed by atoms with Crippen LogP contribution < -0.4 is 10.2 Å². The molecule has 1 aromatic heterocycles. The lowest BCUT2D eigenvalue weighted by atomic mass is 10.4. The van der Waals surface area contributed by atoms with Gasteiger partial charge >= 0.3 is 0 Å². The van der Waals surface area contributed by atoms with Crippen LogP contribution >= 0.6 is 23.4 Å². The molecule has 100 valence electrons. The van der Waals surface area contributed by atoms with Crippen LogP contribution in [0.2, 0.25) is 5.28 Å². The third-order valence-electron chi connectivity index (χ3n) is 2.65. The predicted molar refractivity (Wildman–Crippen MR) is 77.8 cm³/mol. The summed E-state index contributed by atoms with van der Waals surface area (Å²) in [6, 6.07) is 0. The summed E-state index contributed by atoms with van der Waals surface area (Å²) in [6.45, 7) is 7.07. The number of halogens is 1. The first-order valence-corrected chi connectivity index (χ1v) is 7.63. The fourth-order valence-corrected chi connectivity index (χ4v) is 2.97. The molecule has 0 spiro atoms. The average Bonchev–Trinajstić information content (AvgIpc) is 2.36. The van der Waals surface area contributed by atoms with Crippen LogP contribution in [0.1, 0.15) is 20.3 Å². The lowest BCUT2D eigenvalue weighted by Crippen LogP contribution is -2.38. The minimum absolute atomic E-state index is 0.254. The van der Waals surface area contributed by atoms with Crippen molar-refractivity contribution in [2.75, 3.05) is 35.6 Å². The Balaban J connectivity index is 2.13. The molecule has 5 nitrogen and oxygen atoms in total. The third-order valence-corrected chi connectivity index (χ3v) is 3.96. The topological polar surface area (TPSA) is 53.9 Å². The maximum Gasteiger partial charge on any atom is 0.231 e. The van der Waals surface area contributed by atoms with Gasteiger partial charge in [-0.1, -0.05) is 13.8 Å². The molecule has 0 radical (unpaired) electrons. The van der Waals surface area contributed by atoms with Crippen molar-refractivity contribution in [2.24, 2.45) is 0 Å². The van der Waals surface area contributed by atoms with Crippen LogP contribution in [-0.4, -0.2) is 45.6 Å². The lowest BCUT2D eigenvalue weighted by molar-refractivity contribution is 0.749. The van der Waals surface area contributed by atoms with Crippen LogP contribution in [0.25, 0.3) is 0 Å². The molecule has 1 aliphatic rings. The van der Waals surface area contributed by atoms with E-state index in [0.717, 1.165) is 31.8 Å². The van der Waals surface area contributed by atoms with Gasteiger partial charge in [0.15, 0.2) is 0 Å². The second kappa shape index (κ2) is 6.43. The van der Waals surface area contributed by atoms with Gasteiger partial charge in [-0.3, -0.25) is 0 Å². The molecular formula is C11H18ClN5S.